The van der Waals surface area contributed by atoms with Crippen molar-refractivity contribution in [3.63, 3.8) is 0 Å². The number of thiazole rings is 1. The number of anilines is 1. The Labute approximate surface area is 188 Å². The number of fused-ring (bicyclic) bond motifs is 1. The van der Waals surface area contributed by atoms with Crippen LogP contribution in [-0.2, 0) is 4.79 Å². The van der Waals surface area contributed by atoms with Gasteiger partial charge in [0, 0.05) is 23.8 Å². The summed E-state index contributed by atoms with van der Waals surface area (Å²) in [6.45, 7) is 4.09. The van der Waals surface area contributed by atoms with E-state index < -0.39 is 11.0 Å². The smallest absolute Gasteiger partial charge is 0.275 e. The molecule has 0 spiro atoms. The summed E-state index contributed by atoms with van der Waals surface area (Å²) >= 11 is 1.49. The molecule has 3 aromatic rings. The van der Waals surface area contributed by atoms with Crippen molar-refractivity contribution in [3.05, 3.63) is 75.5 Å². The van der Waals surface area contributed by atoms with Crippen LogP contribution < -0.4 is 10.6 Å². The molecule has 0 unspecified atom stereocenters. The molecule has 5 rings (SSSR count). The third-order valence-corrected chi connectivity index (χ3v) is 6.62. The Balaban J connectivity index is 1.59. The van der Waals surface area contributed by atoms with Gasteiger partial charge in [0.15, 0.2) is 10.9 Å². The molecule has 2 aromatic carbocycles. The number of nitro benzene ring substituents is 1. The molecule has 2 N–H and O–H groups in total. The number of nitrogens with one attached hydrogen (secondary N) is 2. The Morgan fingerprint density at radius 1 is 1.16 bits per heavy atom. The second-order valence-electron chi connectivity index (χ2n) is 8.77. The summed E-state index contributed by atoms with van der Waals surface area (Å²) in [6.07, 6.45) is 1.02. The van der Waals surface area contributed by atoms with Crippen LogP contribution in [-0.4, -0.2) is 21.7 Å². The van der Waals surface area contributed by atoms with Gasteiger partial charge in [0.2, 0.25) is 5.96 Å². The van der Waals surface area contributed by atoms with Crippen molar-refractivity contribution in [1.82, 2.24) is 10.3 Å². The molecule has 0 fully saturated rings. The van der Waals surface area contributed by atoms with Crippen molar-refractivity contribution in [1.29, 1.82) is 0 Å². The number of nitrogens with zero attached hydrogens (tertiary/aromatic N) is 3. The molecule has 1 aliphatic heterocycles. The molecule has 0 bridgehead atoms. The summed E-state index contributed by atoms with van der Waals surface area (Å²) < 4.78 is 1.04. The molecule has 0 saturated carbocycles. The van der Waals surface area contributed by atoms with Crippen LogP contribution in [0.1, 0.15) is 38.3 Å². The number of hydrogen-bond acceptors (Lipinski definition) is 8. The van der Waals surface area contributed by atoms with E-state index in [-0.39, 0.29) is 16.9 Å². The Morgan fingerprint density at radius 3 is 2.69 bits per heavy atom. The van der Waals surface area contributed by atoms with E-state index in [2.05, 4.69) is 15.6 Å². The number of para-hydroxylation sites is 2. The molecule has 0 radical (unpaired) electrons. The highest BCUT2D eigenvalue weighted by Gasteiger charge is 2.41. The van der Waals surface area contributed by atoms with Crippen LogP contribution in [0.5, 0.6) is 0 Å². The van der Waals surface area contributed by atoms with Gasteiger partial charge in [0.05, 0.1) is 20.7 Å². The number of aromatic nitrogens is 1. The lowest BCUT2D eigenvalue weighted by Gasteiger charge is -2.37. The van der Waals surface area contributed by atoms with Crippen molar-refractivity contribution in [2.24, 2.45) is 10.4 Å². The van der Waals surface area contributed by atoms with Crippen molar-refractivity contribution in [3.8, 4) is 0 Å². The second-order valence-corrected chi connectivity index (χ2v) is 9.80. The molecule has 1 aliphatic carbocycles. The minimum atomic E-state index is -0.756. The first kappa shape index (κ1) is 20.3. The van der Waals surface area contributed by atoms with E-state index in [0.717, 1.165) is 15.9 Å². The zero-order valence-electron chi connectivity index (χ0n) is 17.6. The van der Waals surface area contributed by atoms with Gasteiger partial charge in [-0.05, 0) is 30.0 Å². The zero-order chi connectivity index (χ0) is 22.5. The van der Waals surface area contributed by atoms with E-state index in [4.69, 9.17) is 4.99 Å². The lowest BCUT2D eigenvalue weighted by Crippen LogP contribution is -2.41. The highest BCUT2D eigenvalue weighted by Crippen LogP contribution is 2.44. The maximum Gasteiger partial charge on any atom is 0.275 e. The van der Waals surface area contributed by atoms with Crippen LogP contribution in [0.25, 0.3) is 10.2 Å². The van der Waals surface area contributed by atoms with E-state index in [1.165, 1.54) is 17.4 Å². The highest BCUT2D eigenvalue weighted by atomic mass is 32.1. The monoisotopic (exact) mass is 447 g/mol. The number of nitro groups is 1. The maximum absolute atomic E-state index is 13.1. The Bertz CT molecular complexity index is 1290. The number of guanidine groups is 1. The second kappa shape index (κ2) is 7.52. The summed E-state index contributed by atoms with van der Waals surface area (Å²) in [7, 11) is 0. The van der Waals surface area contributed by atoms with Gasteiger partial charge in [0.25, 0.3) is 5.69 Å². The van der Waals surface area contributed by atoms with Crippen LogP contribution in [0.3, 0.4) is 0 Å². The zero-order valence-corrected chi connectivity index (χ0v) is 18.4. The number of carbonyl (C=O) groups excluding carboxylic acids is 1. The fourth-order valence-corrected chi connectivity index (χ4v) is 5.20. The number of allylic oxidation sites excluding steroid dienone is 1. The first-order chi connectivity index (χ1) is 15.3. The van der Waals surface area contributed by atoms with Crippen LogP contribution in [0, 0.1) is 15.5 Å². The maximum atomic E-state index is 13.1. The minimum absolute atomic E-state index is 0.0327. The number of ketones is 1. The SMILES string of the molecule is CC1(C)CC(=O)C2=C(C1)NC(Nc1nc3ccccc3s1)=N[C@H]2c1ccccc1[N+](=O)[O-]. The number of rotatable bonds is 3. The highest BCUT2D eigenvalue weighted by molar-refractivity contribution is 7.22. The summed E-state index contributed by atoms with van der Waals surface area (Å²) in [4.78, 5) is 33.7. The van der Waals surface area contributed by atoms with Crippen molar-refractivity contribution < 1.29 is 9.72 Å². The van der Waals surface area contributed by atoms with E-state index in [1.807, 2.05) is 38.1 Å². The van der Waals surface area contributed by atoms with E-state index in [1.54, 1.807) is 18.2 Å². The van der Waals surface area contributed by atoms with Crippen molar-refractivity contribution >= 4 is 44.1 Å². The van der Waals surface area contributed by atoms with E-state index in [9.17, 15) is 14.9 Å². The molecule has 2 heterocycles. The molecule has 0 amide bonds. The third-order valence-electron chi connectivity index (χ3n) is 5.67. The fourth-order valence-electron chi connectivity index (χ4n) is 4.33. The van der Waals surface area contributed by atoms with E-state index in [0.29, 0.717) is 35.1 Å². The van der Waals surface area contributed by atoms with Crippen LogP contribution in [0.15, 0.2) is 64.8 Å². The standard InChI is InChI=1S/C23H21N5O3S/c1-23(2)11-15-19(17(29)12-23)20(13-7-3-5-9-16(13)28(30)31)26-21(24-15)27-22-25-14-8-4-6-10-18(14)32-22/h3-10,20H,11-12H2,1-2H3,(H2,24,25,26,27)/t20-/m0/s1. The lowest BCUT2D eigenvalue weighted by atomic mass is 9.73. The Hall–Kier alpha value is -3.59. The van der Waals surface area contributed by atoms with Crippen LogP contribution in [0.4, 0.5) is 10.8 Å². The number of benzene rings is 2. The normalized spacial score (nSPS) is 19.9. The largest absolute Gasteiger partial charge is 0.329 e. The number of carbonyl (C=O) groups is 1. The van der Waals surface area contributed by atoms with Gasteiger partial charge in [-0.15, -0.1) is 0 Å². The summed E-state index contributed by atoms with van der Waals surface area (Å²) in [5.74, 6) is 0.395. The molecular formula is C23H21N5O3S. The molecule has 9 heteroatoms. The first-order valence-corrected chi connectivity index (χ1v) is 11.1. The molecule has 162 valence electrons. The topological polar surface area (TPSA) is 110 Å². The van der Waals surface area contributed by atoms with Gasteiger partial charge in [-0.1, -0.05) is 49.4 Å². The predicted molar refractivity (Wildman–Crippen MR) is 125 cm³/mol. The number of Topliss-reactive ketones (excluding diaryl/α,β-unsaturated/α-hetero) is 1. The summed E-state index contributed by atoms with van der Waals surface area (Å²) in [5, 5.41) is 18.9. The van der Waals surface area contributed by atoms with Crippen molar-refractivity contribution in [2.75, 3.05) is 5.32 Å². The average Bonchev–Trinajstić information content (AvgIpc) is 3.14. The first-order valence-electron chi connectivity index (χ1n) is 10.3. The third kappa shape index (κ3) is 3.64. The molecule has 0 saturated heterocycles. The van der Waals surface area contributed by atoms with Crippen LogP contribution >= 0.6 is 11.3 Å². The van der Waals surface area contributed by atoms with E-state index >= 15 is 0 Å². The molecule has 8 nitrogen and oxygen atoms in total. The number of aliphatic imine (C=N–C) groups is 1. The van der Waals surface area contributed by atoms with Crippen LogP contribution in [0.2, 0.25) is 0 Å². The van der Waals surface area contributed by atoms with Gasteiger partial charge in [-0.3, -0.25) is 14.9 Å². The lowest BCUT2D eigenvalue weighted by molar-refractivity contribution is -0.385. The van der Waals surface area contributed by atoms with Gasteiger partial charge < -0.3 is 10.6 Å². The molecule has 1 atom stereocenters. The molecule has 2 aliphatic rings. The van der Waals surface area contributed by atoms with Gasteiger partial charge >= 0.3 is 0 Å². The fraction of sp³-hybridized carbons (Fsp3) is 0.261. The summed E-state index contributed by atoms with van der Waals surface area (Å²) in [5.41, 5.74) is 2.28. The average molecular weight is 448 g/mol. The van der Waals surface area contributed by atoms with Crippen molar-refractivity contribution in [2.45, 2.75) is 32.7 Å². The van der Waals surface area contributed by atoms with Gasteiger partial charge in [-0.2, -0.15) is 0 Å². The molecule has 32 heavy (non-hydrogen) atoms. The van der Waals surface area contributed by atoms with Gasteiger partial charge in [-0.25, -0.2) is 9.98 Å². The van der Waals surface area contributed by atoms with Gasteiger partial charge in [0.1, 0.15) is 6.04 Å². The predicted octanol–water partition coefficient (Wildman–Crippen LogP) is 4.96. The number of hydrogen-bond donors (Lipinski definition) is 2. The Kier molecular flexibility index (Phi) is 4.78. The Morgan fingerprint density at radius 2 is 1.91 bits per heavy atom. The quantitative estimate of drug-likeness (QED) is 0.434. The minimum Gasteiger partial charge on any atom is -0.329 e. The summed E-state index contributed by atoms with van der Waals surface area (Å²) in [6, 6.07) is 13.5. The molecule has 1 aromatic heterocycles. The molecular weight excluding hydrogens is 426 g/mol.